The van der Waals surface area contributed by atoms with Gasteiger partial charge in [0.2, 0.25) is 0 Å². The van der Waals surface area contributed by atoms with Crippen molar-refractivity contribution in [3.63, 3.8) is 0 Å². The Morgan fingerprint density at radius 1 is 1.17 bits per heavy atom. The van der Waals surface area contributed by atoms with Gasteiger partial charge in [0.05, 0.1) is 18.1 Å². The van der Waals surface area contributed by atoms with Crippen LogP contribution in [0.15, 0.2) is 30.9 Å². The number of carboxylic acid groups (broad SMARTS) is 1. The Hall–Kier alpha value is -3.96. The van der Waals surface area contributed by atoms with Crippen LogP contribution in [0.4, 0.5) is 5.69 Å². The first-order valence-corrected chi connectivity index (χ1v) is 8.63. The molecule has 0 aliphatic heterocycles. The van der Waals surface area contributed by atoms with Crippen LogP contribution < -0.4 is 10.6 Å². The average molecular weight is 400 g/mol. The van der Waals surface area contributed by atoms with E-state index < -0.39 is 23.8 Å². The molecule has 0 aliphatic carbocycles. The summed E-state index contributed by atoms with van der Waals surface area (Å²) in [6.45, 7) is 1.71. The van der Waals surface area contributed by atoms with Crippen LogP contribution >= 0.6 is 0 Å². The Labute approximate surface area is 165 Å². The standard InChI is InChI=1S/C17H20N8O4/c1-10(17(28)29)25-5-4-12(22-25)15(26)21-13-8-20-24(3)14(13)16(27)18-6-11-7-19-23(2)9-11/h4-5,7-10H,6H2,1-3H3,(H,18,27)(H,21,26)(H,28,29). The van der Waals surface area contributed by atoms with Gasteiger partial charge in [-0.3, -0.25) is 23.6 Å². The highest BCUT2D eigenvalue weighted by molar-refractivity contribution is 6.07. The molecule has 12 nitrogen and oxygen atoms in total. The van der Waals surface area contributed by atoms with Gasteiger partial charge in [-0.25, -0.2) is 4.79 Å². The molecule has 0 spiro atoms. The van der Waals surface area contributed by atoms with Gasteiger partial charge in [-0.2, -0.15) is 15.3 Å². The lowest BCUT2D eigenvalue weighted by molar-refractivity contribution is -0.140. The van der Waals surface area contributed by atoms with Gasteiger partial charge in [0.25, 0.3) is 11.8 Å². The highest BCUT2D eigenvalue weighted by atomic mass is 16.4. The van der Waals surface area contributed by atoms with Crippen molar-refractivity contribution in [2.24, 2.45) is 14.1 Å². The quantitative estimate of drug-likeness (QED) is 0.512. The Morgan fingerprint density at radius 3 is 2.59 bits per heavy atom. The van der Waals surface area contributed by atoms with E-state index in [0.29, 0.717) is 0 Å². The number of amides is 2. The summed E-state index contributed by atoms with van der Waals surface area (Å²) in [6.07, 6.45) is 6.17. The lowest BCUT2D eigenvalue weighted by Gasteiger charge is -2.08. The molecule has 2 amide bonds. The number of hydrogen-bond acceptors (Lipinski definition) is 6. The SMILES string of the molecule is CC(C(=O)O)n1ccc(C(=O)Nc2cnn(C)c2C(=O)NCc2cnn(C)c2)n1. The van der Waals surface area contributed by atoms with E-state index in [9.17, 15) is 14.4 Å². The maximum atomic E-state index is 12.6. The first-order chi connectivity index (χ1) is 13.8. The van der Waals surface area contributed by atoms with Crippen molar-refractivity contribution in [3.8, 4) is 0 Å². The molecule has 1 atom stereocenters. The molecule has 29 heavy (non-hydrogen) atoms. The fraction of sp³-hybridized carbons (Fsp3) is 0.294. The third-order valence-corrected chi connectivity index (χ3v) is 4.21. The maximum Gasteiger partial charge on any atom is 0.328 e. The largest absolute Gasteiger partial charge is 0.480 e. The van der Waals surface area contributed by atoms with E-state index in [0.717, 1.165) is 5.56 Å². The van der Waals surface area contributed by atoms with Crippen molar-refractivity contribution >= 4 is 23.5 Å². The zero-order valence-electron chi connectivity index (χ0n) is 16.0. The molecule has 3 aromatic rings. The molecule has 152 valence electrons. The van der Waals surface area contributed by atoms with E-state index >= 15 is 0 Å². The van der Waals surface area contributed by atoms with E-state index in [4.69, 9.17) is 5.11 Å². The first-order valence-electron chi connectivity index (χ1n) is 8.63. The number of carboxylic acids is 1. The van der Waals surface area contributed by atoms with Gasteiger partial charge >= 0.3 is 5.97 Å². The third kappa shape index (κ3) is 4.31. The topological polar surface area (TPSA) is 149 Å². The van der Waals surface area contributed by atoms with Crippen molar-refractivity contribution in [1.82, 2.24) is 34.7 Å². The van der Waals surface area contributed by atoms with Crippen molar-refractivity contribution in [2.45, 2.75) is 19.5 Å². The van der Waals surface area contributed by atoms with Crippen molar-refractivity contribution < 1.29 is 19.5 Å². The van der Waals surface area contributed by atoms with Crippen LogP contribution in [0.1, 0.15) is 39.5 Å². The van der Waals surface area contributed by atoms with Gasteiger partial charge in [-0.05, 0) is 13.0 Å². The van der Waals surface area contributed by atoms with Crippen LogP contribution in [0.25, 0.3) is 0 Å². The minimum absolute atomic E-state index is 0.0173. The summed E-state index contributed by atoms with van der Waals surface area (Å²) in [5, 5.41) is 26.4. The number of rotatable bonds is 7. The smallest absolute Gasteiger partial charge is 0.328 e. The normalized spacial score (nSPS) is 11.8. The monoisotopic (exact) mass is 400 g/mol. The third-order valence-electron chi connectivity index (χ3n) is 4.21. The molecule has 0 fully saturated rings. The number of aromatic nitrogens is 6. The van der Waals surface area contributed by atoms with Gasteiger partial charge in [-0.15, -0.1) is 0 Å². The fourth-order valence-electron chi connectivity index (χ4n) is 2.60. The second-order valence-corrected chi connectivity index (χ2v) is 6.38. The van der Waals surface area contributed by atoms with Gasteiger partial charge in [-0.1, -0.05) is 0 Å². The highest BCUT2D eigenvalue weighted by Gasteiger charge is 2.21. The molecule has 3 N–H and O–H groups in total. The number of aliphatic carboxylic acids is 1. The summed E-state index contributed by atoms with van der Waals surface area (Å²) in [5.41, 5.74) is 1.22. The van der Waals surface area contributed by atoms with E-state index in [1.54, 1.807) is 31.2 Å². The lowest BCUT2D eigenvalue weighted by Crippen LogP contribution is -2.26. The molecule has 0 aliphatic rings. The van der Waals surface area contributed by atoms with E-state index in [-0.39, 0.29) is 23.6 Å². The van der Waals surface area contributed by atoms with Crippen molar-refractivity contribution in [3.05, 3.63) is 47.8 Å². The second-order valence-electron chi connectivity index (χ2n) is 6.38. The molecule has 1 unspecified atom stereocenters. The number of nitrogens with one attached hydrogen (secondary N) is 2. The molecule has 0 saturated carbocycles. The van der Waals surface area contributed by atoms with Gasteiger partial charge in [0.15, 0.2) is 5.69 Å². The number of nitrogens with zero attached hydrogens (tertiary/aromatic N) is 6. The van der Waals surface area contributed by atoms with E-state index in [1.807, 2.05) is 0 Å². The second kappa shape index (κ2) is 7.96. The predicted octanol–water partition coefficient (Wildman–Crippen LogP) is 0.178. The number of hydrogen-bond donors (Lipinski definition) is 3. The van der Waals surface area contributed by atoms with Crippen LogP contribution in [0.3, 0.4) is 0 Å². The summed E-state index contributed by atoms with van der Waals surface area (Å²) in [7, 11) is 3.36. The number of anilines is 1. The van der Waals surface area contributed by atoms with Gasteiger partial charge in [0, 0.05) is 38.6 Å². The number of aryl methyl sites for hydroxylation is 2. The molecule has 3 rings (SSSR count). The Balaban J connectivity index is 1.71. The molecular formula is C17H20N8O4. The molecule has 3 heterocycles. The molecule has 0 aromatic carbocycles. The van der Waals surface area contributed by atoms with Crippen molar-refractivity contribution in [1.29, 1.82) is 0 Å². The zero-order valence-corrected chi connectivity index (χ0v) is 16.0. The zero-order chi connectivity index (χ0) is 21.1. The summed E-state index contributed by atoms with van der Waals surface area (Å²) in [6, 6.07) is 0.483. The Kier molecular flexibility index (Phi) is 5.43. The minimum Gasteiger partial charge on any atom is -0.480 e. The fourth-order valence-corrected chi connectivity index (χ4v) is 2.60. The molecule has 0 bridgehead atoms. The Bertz CT molecular complexity index is 1060. The first kappa shape index (κ1) is 19.8. The van der Waals surface area contributed by atoms with Crippen LogP contribution in [0.2, 0.25) is 0 Å². The maximum absolute atomic E-state index is 12.6. The van der Waals surface area contributed by atoms with E-state index in [1.165, 1.54) is 34.7 Å². The molecule has 3 aromatic heterocycles. The minimum atomic E-state index is -1.07. The summed E-state index contributed by atoms with van der Waals surface area (Å²) < 4.78 is 4.14. The van der Waals surface area contributed by atoms with Crippen LogP contribution in [0, 0.1) is 0 Å². The molecule has 12 heteroatoms. The summed E-state index contributed by atoms with van der Waals surface area (Å²) in [4.78, 5) is 36.1. The lowest BCUT2D eigenvalue weighted by atomic mass is 10.3. The summed E-state index contributed by atoms with van der Waals surface area (Å²) >= 11 is 0. The number of carbonyl (C=O) groups is 3. The van der Waals surface area contributed by atoms with E-state index in [2.05, 4.69) is 25.9 Å². The predicted molar refractivity (Wildman–Crippen MR) is 100 cm³/mol. The van der Waals surface area contributed by atoms with Crippen molar-refractivity contribution in [2.75, 3.05) is 5.32 Å². The Morgan fingerprint density at radius 2 is 1.93 bits per heavy atom. The average Bonchev–Trinajstić information content (AvgIpc) is 3.39. The molecule has 0 saturated heterocycles. The van der Waals surface area contributed by atoms with Crippen LogP contribution in [-0.4, -0.2) is 52.2 Å². The van der Waals surface area contributed by atoms with Crippen LogP contribution in [-0.2, 0) is 25.4 Å². The van der Waals surface area contributed by atoms with Gasteiger partial charge in [0.1, 0.15) is 11.7 Å². The van der Waals surface area contributed by atoms with Gasteiger partial charge < -0.3 is 15.7 Å². The number of carbonyl (C=O) groups excluding carboxylic acids is 2. The molecular weight excluding hydrogens is 380 g/mol. The summed E-state index contributed by atoms with van der Waals surface area (Å²) in [5.74, 6) is -2.08. The highest BCUT2D eigenvalue weighted by Crippen LogP contribution is 2.16. The molecule has 0 radical (unpaired) electrons. The van der Waals surface area contributed by atoms with Crippen LogP contribution in [0.5, 0.6) is 0 Å².